The third-order valence-corrected chi connectivity index (χ3v) is 17.9. The van der Waals surface area contributed by atoms with E-state index in [9.17, 15) is 39.0 Å². The highest BCUT2D eigenvalue weighted by molar-refractivity contribution is 7.17. The van der Waals surface area contributed by atoms with E-state index in [1.807, 2.05) is 134 Å². The molecule has 9 N–H and O–H groups in total. The molecule has 0 fully saturated rings. The number of imidazole rings is 3. The summed E-state index contributed by atoms with van der Waals surface area (Å²) in [5.41, 5.74) is 31.5. The lowest BCUT2D eigenvalue weighted by Crippen LogP contribution is -2.12. The van der Waals surface area contributed by atoms with Crippen molar-refractivity contribution in [1.82, 2.24) is 42.4 Å². The van der Waals surface area contributed by atoms with Crippen LogP contribution in [0.25, 0.3) is 65.8 Å². The molecule has 0 saturated carbocycles. The number of aromatic nitrogens is 9. The Balaban J connectivity index is 0.000000154. The van der Waals surface area contributed by atoms with Crippen molar-refractivity contribution in [2.45, 2.75) is 79.6 Å². The number of carboxylic acids is 3. The van der Waals surface area contributed by atoms with Gasteiger partial charge in [0, 0.05) is 106 Å². The molecule has 0 spiro atoms. The molecule has 8 heterocycles. The Morgan fingerprint density at radius 2 is 0.947 bits per heavy atom. The number of carbonyl (C=O) groups is 6. The van der Waals surface area contributed by atoms with Crippen LogP contribution in [0.1, 0.15) is 103 Å². The van der Waals surface area contributed by atoms with E-state index < -0.39 is 35.6 Å². The third-order valence-electron chi connectivity index (χ3n) is 15.9. The van der Waals surface area contributed by atoms with Crippen LogP contribution >= 0.6 is 22.7 Å². The van der Waals surface area contributed by atoms with Gasteiger partial charge < -0.3 is 55.4 Å². The molecule has 0 saturated heterocycles. The lowest BCUT2D eigenvalue weighted by molar-refractivity contribution is -0.138. The number of aliphatic carboxylic acids is 3. The van der Waals surface area contributed by atoms with Crippen LogP contribution in [0.5, 0.6) is 0 Å². The van der Waals surface area contributed by atoms with Crippen LogP contribution in [0.4, 0.5) is 0 Å². The van der Waals surface area contributed by atoms with Gasteiger partial charge in [0.25, 0.3) is 0 Å². The molecule has 0 bridgehead atoms. The van der Waals surface area contributed by atoms with Crippen LogP contribution in [0, 0.1) is 27.7 Å². The highest BCUT2D eigenvalue weighted by atomic mass is 32.1. The van der Waals surface area contributed by atoms with Crippen molar-refractivity contribution in [3.63, 3.8) is 0 Å². The van der Waals surface area contributed by atoms with Gasteiger partial charge in [-0.2, -0.15) is 0 Å². The summed E-state index contributed by atoms with van der Waals surface area (Å²) < 4.78 is 12.2. The van der Waals surface area contributed by atoms with Gasteiger partial charge in [0.05, 0.1) is 58.1 Å². The Labute approximate surface area is 548 Å². The standard InChI is InChI=1S/C26H26N4O3.C23H22N4O3S.C22H20N4O3S/c1-3-24-28-14-15-29(24)20-7-4-18(5-8-20)23-12-9-21(10-13-25(31)32)30(23)22-11-6-19(26(27)33)16-17(22)2;1-14-13-16(23(24)30)3-6-18(14)27-17(5-10-22(28)29)4-7-19(27)20-8-9-21(31-20)26-12-11-25-15(26)2;1-14-10-15(22(23)29)2-5-18(14)26-16(4-7-21(27)28)3-6-19(26)20-11-17(12-30-20)25-9-8-24-13-25/h4-9,11-12,14-16H,3,10,13H2,1-2H3,(H2,27,33)(H,31,32);3-4,6-9,11-13H,5,10H2,1-2H3,(H2,24,30)(H,28,29);2-3,5-6,8-13H,4,7H2,1H3,(H2,23,29)(H,27,28). The number of nitrogens with zero attached hydrogens (tertiary/aromatic N) is 9. The first kappa shape index (κ1) is 65.5. The van der Waals surface area contributed by atoms with E-state index in [0.29, 0.717) is 36.0 Å². The molecule has 4 aromatic carbocycles. The molecule has 0 aliphatic carbocycles. The number of nitrogens with two attached hydrogens (primary N) is 3. The van der Waals surface area contributed by atoms with Crippen molar-refractivity contribution in [3.8, 4) is 65.8 Å². The molecular weight excluding hydrogens is 1230 g/mol. The Morgan fingerprint density at radius 1 is 0.479 bits per heavy atom. The van der Waals surface area contributed by atoms with Gasteiger partial charge in [-0.1, -0.05) is 19.1 Å². The average molecular weight is 1300 g/mol. The van der Waals surface area contributed by atoms with Gasteiger partial charge in [-0.05, 0) is 191 Å². The maximum Gasteiger partial charge on any atom is 0.303 e. The molecule has 94 heavy (non-hydrogen) atoms. The molecule has 0 unspecified atom stereocenters. The molecule has 0 aliphatic rings. The van der Waals surface area contributed by atoms with Crippen molar-refractivity contribution >= 4 is 58.3 Å². The molecule has 0 aliphatic heterocycles. The van der Waals surface area contributed by atoms with Gasteiger partial charge in [0.1, 0.15) is 16.6 Å². The van der Waals surface area contributed by atoms with Crippen molar-refractivity contribution < 1.29 is 44.1 Å². The van der Waals surface area contributed by atoms with Crippen LogP contribution in [0.15, 0.2) is 182 Å². The summed E-state index contributed by atoms with van der Waals surface area (Å²) in [6.45, 7) is 9.78. The van der Waals surface area contributed by atoms with Gasteiger partial charge >= 0.3 is 17.9 Å². The second-order valence-electron chi connectivity index (χ2n) is 22.1. The number of carbonyl (C=O) groups excluding carboxylic acids is 3. The van der Waals surface area contributed by atoms with Gasteiger partial charge in [-0.15, -0.1) is 22.7 Å². The van der Waals surface area contributed by atoms with Gasteiger partial charge in [-0.25, -0.2) is 15.0 Å². The van der Waals surface area contributed by atoms with Crippen LogP contribution in [0.3, 0.4) is 0 Å². The number of thiophene rings is 2. The van der Waals surface area contributed by atoms with Gasteiger partial charge in [0.2, 0.25) is 17.7 Å². The summed E-state index contributed by atoms with van der Waals surface area (Å²) in [4.78, 5) is 83.1. The summed E-state index contributed by atoms with van der Waals surface area (Å²) in [5, 5.41) is 30.6. The minimum Gasteiger partial charge on any atom is -0.481 e. The number of primary amides is 3. The molecule has 0 atom stereocenters. The van der Waals surface area contributed by atoms with E-state index in [4.69, 9.17) is 22.3 Å². The Bertz CT molecular complexity index is 4760. The van der Waals surface area contributed by atoms with E-state index >= 15 is 0 Å². The Hall–Kier alpha value is -11.4. The highest BCUT2D eigenvalue weighted by Crippen LogP contribution is 2.38. The lowest BCUT2D eigenvalue weighted by atomic mass is 10.1. The highest BCUT2D eigenvalue weighted by Gasteiger charge is 2.22. The summed E-state index contributed by atoms with van der Waals surface area (Å²) >= 11 is 3.23. The third kappa shape index (κ3) is 14.7. The smallest absolute Gasteiger partial charge is 0.303 e. The molecular formula is C71H68N12O9S2. The fourth-order valence-electron chi connectivity index (χ4n) is 11.2. The molecule has 478 valence electrons. The Kier molecular flexibility index (Phi) is 20.1. The Morgan fingerprint density at radius 3 is 1.38 bits per heavy atom. The molecule has 23 heteroatoms. The molecule has 12 aromatic rings. The van der Waals surface area contributed by atoms with E-state index in [-0.39, 0.29) is 19.3 Å². The second kappa shape index (κ2) is 28.8. The molecule has 21 nitrogen and oxygen atoms in total. The van der Waals surface area contributed by atoms with E-state index in [1.165, 1.54) is 0 Å². The number of aryl methyl sites for hydroxylation is 8. The van der Waals surface area contributed by atoms with Crippen molar-refractivity contribution in [2.24, 2.45) is 17.2 Å². The normalized spacial score (nSPS) is 11.0. The number of amides is 3. The van der Waals surface area contributed by atoms with Gasteiger partial charge in [-0.3, -0.25) is 33.3 Å². The first-order chi connectivity index (χ1) is 45.2. The molecule has 0 radical (unpaired) electrons. The zero-order valence-electron chi connectivity index (χ0n) is 52.1. The van der Waals surface area contributed by atoms with Crippen molar-refractivity contribution in [2.75, 3.05) is 0 Å². The first-order valence-corrected chi connectivity index (χ1v) is 31.7. The quantitative estimate of drug-likeness (QED) is 0.0369. The molecule has 3 amide bonds. The van der Waals surface area contributed by atoms with E-state index in [1.54, 1.807) is 84.0 Å². The van der Waals surface area contributed by atoms with Crippen LogP contribution in [-0.2, 0) is 40.1 Å². The molecule has 8 aromatic heterocycles. The number of hydrogen-bond acceptors (Lipinski definition) is 11. The summed E-state index contributed by atoms with van der Waals surface area (Å²) in [6.07, 6.45) is 14.9. The summed E-state index contributed by atoms with van der Waals surface area (Å²) in [5.74, 6) is -2.07. The minimum absolute atomic E-state index is 0.0290. The predicted molar refractivity (Wildman–Crippen MR) is 362 cm³/mol. The number of hydrogen-bond donors (Lipinski definition) is 6. The number of benzene rings is 4. The largest absolute Gasteiger partial charge is 0.481 e. The lowest BCUT2D eigenvalue weighted by Gasteiger charge is -2.17. The zero-order valence-corrected chi connectivity index (χ0v) is 53.8. The summed E-state index contributed by atoms with van der Waals surface area (Å²) in [7, 11) is 0. The van der Waals surface area contributed by atoms with Crippen LogP contribution in [0.2, 0.25) is 0 Å². The number of carboxylic acid groups (broad SMARTS) is 3. The van der Waals surface area contributed by atoms with Gasteiger partial charge in [0.15, 0.2) is 0 Å². The maximum absolute atomic E-state index is 11.6. The molecule has 12 rings (SSSR count). The fraction of sp³-hybridized carbons (Fsp3) is 0.169. The zero-order chi connectivity index (χ0) is 66.9. The average Bonchev–Trinajstić information content (AvgIpc) is 1.60. The summed E-state index contributed by atoms with van der Waals surface area (Å²) in [6, 6.07) is 42.2. The SMILES string of the molecule is CCc1nccn1-c1ccc(-c2ccc(CCC(=O)O)n2-c2ccc(C(N)=O)cc2C)cc1.Cc1cc(C(N)=O)ccc1-n1c(CCC(=O)O)ccc1-c1cc(-n2ccnc2)cs1.Cc1cc(C(N)=O)ccc1-n1c(CCC(=O)O)ccc1-c1ccc(-n2ccnc2C)s1. The monoisotopic (exact) mass is 1300 g/mol. The second-order valence-corrected chi connectivity index (χ2v) is 24.1. The van der Waals surface area contributed by atoms with E-state index in [2.05, 4.69) is 64.4 Å². The maximum atomic E-state index is 11.6. The van der Waals surface area contributed by atoms with E-state index in [0.717, 1.165) is 118 Å². The number of rotatable bonds is 22. The first-order valence-electron chi connectivity index (χ1n) is 30.0. The van der Waals surface area contributed by atoms with Crippen molar-refractivity contribution in [1.29, 1.82) is 0 Å². The van der Waals surface area contributed by atoms with Crippen LogP contribution in [-0.4, -0.2) is 93.3 Å². The van der Waals surface area contributed by atoms with Crippen LogP contribution < -0.4 is 17.2 Å². The fourth-order valence-corrected chi connectivity index (χ4v) is 13.2. The minimum atomic E-state index is -0.846. The topological polar surface area (TPSA) is 309 Å². The van der Waals surface area contributed by atoms with Crippen molar-refractivity contribution in [3.05, 3.63) is 244 Å². The predicted octanol–water partition coefficient (Wildman–Crippen LogP) is 12.3.